The van der Waals surface area contributed by atoms with E-state index in [1.54, 1.807) is 0 Å². The lowest BCUT2D eigenvalue weighted by molar-refractivity contribution is -0.137. The smallest absolute Gasteiger partial charge is 0.303 e. The number of carboxylic acids is 1. The van der Waals surface area contributed by atoms with Crippen LogP contribution in [0.1, 0.15) is 23.3 Å². The summed E-state index contributed by atoms with van der Waals surface area (Å²) < 4.78 is 0. The molecule has 0 aliphatic rings. The number of hydrogen-bond donors (Lipinski definition) is 3. The fraction of sp³-hybridized carbons (Fsp3) is 0.333. The van der Waals surface area contributed by atoms with Crippen LogP contribution in [0.15, 0.2) is 17.2 Å². The molecule has 3 N–H and O–H groups in total. The lowest BCUT2D eigenvalue weighted by Crippen LogP contribution is -2.26. The van der Waals surface area contributed by atoms with Crippen molar-refractivity contribution < 1.29 is 14.7 Å². The molecule has 0 bridgehead atoms. The predicted molar refractivity (Wildman–Crippen MR) is 54.1 cm³/mol. The van der Waals surface area contributed by atoms with Crippen LogP contribution in [0.4, 0.5) is 0 Å². The number of aliphatic carboxylic acids is 1. The topological polar surface area (TPSA) is 112 Å². The molecule has 16 heavy (non-hydrogen) atoms. The summed E-state index contributed by atoms with van der Waals surface area (Å²) in [5, 5.41) is 10.8. The minimum atomic E-state index is -0.906. The van der Waals surface area contributed by atoms with E-state index >= 15 is 0 Å². The Morgan fingerprint density at radius 1 is 1.50 bits per heavy atom. The maximum Gasteiger partial charge on any atom is 0.303 e. The van der Waals surface area contributed by atoms with Gasteiger partial charge in [-0.15, -0.1) is 0 Å². The fourth-order valence-corrected chi connectivity index (χ4v) is 0.998. The normalized spacial score (nSPS) is 9.75. The number of H-pyrrole nitrogens is 1. The van der Waals surface area contributed by atoms with Gasteiger partial charge in [-0.2, -0.15) is 0 Å². The van der Waals surface area contributed by atoms with Crippen LogP contribution >= 0.6 is 0 Å². The highest BCUT2D eigenvalue weighted by Gasteiger charge is 2.06. The predicted octanol–water partition coefficient (Wildman–Crippen LogP) is -0.636. The number of carboxylic acid groups (broad SMARTS) is 1. The first-order valence-corrected chi connectivity index (χ1v) is 4.64. The van der Waals surface area contributed by atoms with Gasteiger partial charge in [-0.1, -0.05) is 0 Å². The minimum Gasteiger partial charge on any atom is -0.481 e. The Balaban J connectivity index is 2.38. The molecule has 0 aromatic carbocycles. The third-order valence-corrected chi connectivity index (χ3v) is 1.76. The standard InChI is InChI=1S/C9H11N3O4/c13-7-5-11-6(4-12-7)9(16)10-3-1-2-8(14)15/h4-5H,1-3H2,(H,10,16)(H,12,13)(H,14,15). The highest BCUT2D eigenvalue weighted by molar-refractivity contribution is 5.91. The van der Waals surface area contributed by atoms with Gasteiger partial charge in [0.15, 0.2) is 0 Å². The number of nitrogens with one attached hydrogen (secondary N) is 2. The van der Waals surface area contributed by atoms with E-state index in [1.807, 2.05) is 0 Å². The highest BCUT2D eigenvalue weighted by Crippen LogP contribution is 1.90. The summed E-state index contributed by atoms with van der Waals surface area (Å²) in [5.41, 5.74) is -0.294. The van der Waals surface area contributed by atoms with Gasteiger partial charge in [0.25, 0.3) is 11.5 Å². The van der Waals surface area contributed by atoms with Crippen LogP contribution in [-0.2, 0) is 4.79 Å². The van der Waals surface area contributed by atoms with Crippen molar-refractivity contribution in [2.45, 2.75) is 12.8 Å². The van der Waals surface area contributed by atoms with Gasteiger partial charge < -0.3 is 15.4 Å². The first-order chi connectivity index (χ1) is 7.59. The molecule has 1 aromatic rings. The Labute approximate surface area is 90.5 Å². The van der Waals surface area contributed by atoms with Gasteiger partial charge in [-0.25, -0.2) is 4.98 Å². The van der Waals surface area contributed by atoms with Gasteiger partial charge in [0.1, 0.15) is 5.69 Å². The van der Waals surface area contributed by atoms with Crippen molar-refractivity contribution in [3.63, 3.8) is 0 Å². The van der Waals surface area contributed by atoms with Gasteiger partial charge in [-0.05, 0) is 6.42 Å². The first-order valence-electron chi connectivity index (χ1n) is 4.64. The van der Waals surface area contributed by atoms with Gasteiger partial charge >= 0.3 is 5.97 Å². The van der Waals surface area contributed by atoms with Crippen molar-refractivity contribution in [3.8, 4) is 0 Å². The average Bonchev–Trinajstić information content (AvgIpc) is 2.25. The second-order valence-corrected chi connectivity index (χ2v) is 3.05. The number of aromatic nitrogens is 2. The van der Waals surface area contributed by atoms with E-state index < -0.39 is 11.9 Å². The third kappa shape index (κ3) is 3.91. The molecule has 0 saturated heterocycles. The third-order valence-electron chi connectivity index (χ3n) is 1.76. The molecule has 1 heterocycles. The zero-order valence-corrected chi connectivity index (χ0v) is 8.40. The van der Waals surface area contributed by atoms with Gasteiger partial charge in [0.05, 0.1) is 6.20 Å². The molecule has 1 aromatic heterocycles. The molecular weight excluding hydrogens is 214 g/mol. The number of hydrogen-bond acceptors (Lipinski definition) is 4. The summed E-state index contributed by atoms with van der Waals surface area (Å²) >= 11 is 0. The van der Waals surface area contributed by atoms with Crippen LogP contribution < -0.4 is 10.9 Å². The largest absolute Gasteiger partial charge is 0.481 e. The van der Waals surface area contributed by atoms with Crippen molar-refractivity contribution >= 4 is 11.9 Å². The number of aromatic amines is 1. The van der Waals surface area contributed by atoms with E-state index in [2.05, 4.69) is 15.3 Å². The maximum absolute atomic E-state index is 11.4. The lowest BCUT2D eigenvalue weighted by Gasteiger charge is -2.02. The number of nitrogens with zero attached hydrogens (tertiary/aromatic N) is 1. The maximum atomic E-state index is 11.4. The van der Waals surface area contributed by atoms with Crippen LogP contribution in [0, 0.1) is 0 Å². The number of amides is 1. The summed E-state index contributed by atoms with van der Waals surface area (Å²) in [7, 11) is 0. The molecule has 1 rings (SSSR count). The number of carbonyl (C=O) groups is 2. The molecule has 0 aliphatic carbocycles. The molecule has 0 saturated carbocycles. The van der Waals surface area contributed by atoms with Gasteiger partial charge in [0.2, 0.25) is 0 Å². The Kier molecular flexibility index (Phi) is 4.19. The molecule has 7 heteroatoms. The Morgan fingerprint density at radius 3 is 2.81 bits per heavy atom. The summed E-state index contributed by atoms with van der Waals surface area (Å²) in [5.74, 6) is -1.35. The molecule has 0 aliphatic heterocycles. The van der Waals surface area contributed by atoms with Crippen LogP contribution in [0.25, 0.3) is 0 Å². The number of rotatable bonds is 5. The second kappa shape index (κ2) is 5.64. The van der Waals surface area contributed by atoms with E-state index in [0.717, 1.165) is 6.20 Å². The van der Waals surface area contributed by atoms with Crippen molar-refractivity contribution in [2.24, 2.45) is 0 Å². The summed E-state index contributed by atoms with van der Waals surface area (Å²) in [6, 6.07) is 0. The molecular formula is C9H11N3O4. The average molecular weight is 225 g/mol. The molecule has 7 nitrogen and oxygen atoms in total. The minimum absolute atomic E-state index is 0.000663. The van der Waals surface area contributed by atoms with E-state index in [9.17, 15) is 14.4 Å². The molecule has 0 radical (unpaired) electrons. The monoisotopic (exact) mass is 225 g/mol. The molecule has 0 atom stereocenters. The molecule has 0 spiro atoms. The SMILES string of the molecule is O=C(O)CCCNC(=O)c1c[nH]c(=O)cn1. The van der Waals surface area contributed by atoms with E-state index in [0.29, 0.717) is 6.42 Å². The molecule has 0 unspecified atom stereocenters. The summed E-state index contributed by atoms with van der Waals surface area (Å²) in [4.78, 5) is 38.1. The van der Waals surface area contributed by atoms with Crippen molar-refractivity contribution in [1.29, 1.82) is 0 Å². The van der Waals surface area contributed by atoms with E-state index in [1.165, 1.54) is 6.20 Å². The highest BCUT2D eigenvalue weighted by atomic mass is 16.4. The first kappa shape index (κ1) is 11.9. The number of carbonyl (C=O) groups excluding carboxylic acids is 1. The van der Waals surface area contributed by atoms with Crippen LogP contribution in [0.2, 0.25) is 0 Å². The Hall–Kier alpha value is -2.18. The van der Waals surface area contributed by atoms with E-state index in [-0.39, 0.29) is 24.2 Å². The Morgan fingerprint density at radius 2 is 2.25 bits per heavy atom. The van der Waals surface area contributed by atoms with Crippen molar-refractivity contribution in [3.05, 3.63) is 28.4 Å². The van der Waals surface area contributed by atoms with Gasteiger partial charge in [-0.3, -0.25) is 14.4 Å². The zero-order valence-electron chi connectivity index (χ0n) is 8.40. The quantitative estimate of drug-likeness (QED) is 0.577. The molecule has 86 valence electrons. The Bertz CT molecular complexity index is 420. The summed E-state index contributed by atoms with van der Waals surface area (Å²) in [6.45, 7) is 0.256. The molecule has 0 fully saturated rings. The summed E-state index contributed by atoms with van der Waals surface area (Å²) in [6.07, 6.45) is 2.56. The zero-order chi connectivity index (χ0) is 12.0. The fourth-order valence-electron chi connectivity index (χ4n) is 0.998. The second-order valence-electron chi connectivity index (χ2n) is 3.05. The van der Waals surface area contributed by atoms with Crippen molar-refractivity contribution in [1.82, 2.24) is 15.3 Å². The van der Waals surface area contributed by atoms with E-state index in [4.69, 9.17) is 5.11 Å². The molecule has 1 amide bonds. The van der Waals surface area contributed by atoms with Crippen LogP contribution in [0.3, 0.4) is 0 Å². The van der Waals surface area contributed by atoms with Crippen molar-refractivity contribution in [2.75, 3.05) is 6.54 Å². The van der Waals surface area contributed by atoms with Gasteiger partial charge in [0, 0.05) is 19.2 Å². The van der Waals surface area contributed by atoms with Crippen LogP contribution in [0.5, 0.6) is 0 Å². The lowest BCUT2D eigenvalue weighted by atomic mass is 10.3. The van der Waals surface area contributed by atoms with Crippen LogP contribution in [-0.4, -0.2) is 33.5 Å².